The maximum absolute atomic E-state index is 11.2. The molecule has 3 aliphatic rings. The minimum atomic E-state index is -0.127. The average molecular weight is 232 g/mol. The molecule has 0 N–H and O–H groups in total. The van der Waals surface area contributed by atoms with Crippen molar-refractivity contribution >= 4 is 21.9 Å². The molecule has 0 aromatic carbocycles. The second-order valence-corrected chi connectivity index (χ2v) is 3.85. The molecule has 3 heteroatoms. The largest absolute Gasteiger partial charge is 0.458 e. The van der Waals surface area contributed by atoms with E-state index in [1.807, 2.05) is 0 Å². The summed E-state index contributed by atoms with van der Waals surface area (Å²) in [6.45, 7) is 0. The van der Waals surface area contributed by atoms with Crippen LogP contribution in [0.5, 0.6) is 0 Å². The lowest BCUT2D eigenvalue weighted by Gasteiger charge is -2.23. The third-order valence-electron chi connectivity index (χ3n) is 2.58. The third kappa shape index (κ3) is 1.42. The van der Waals surface area contributed by atoms with Crippen LogP contribution in [0.1, 0.15) is 27.1 Å². The number of ether oxygens (including phenoxy) is 1. The topological polar surface area (TPSA) is 26.3 Å². The van der Waals surface area contributed by atoms with E-state index in [1.165, 1.54) is 0 Å². The van der Waals surface area contributed by atoms with Crippen LogP contribution >= 0.6 is 15.9 Å². The molecule has 0 aromatic heterocycles. The minimum Gasteiger partial charge on any atom is -0.458 e. The highest BCUT2D eigenvalue weighted by Crippen LogP contribution is 2.37. The standard InChI is InChI=1S/C9H11BrO2/c10-5-7-3-6-1-2-8(7)12-9(11)4-6/h5-6,8H,1-4H2/b7-5-/t6-,8+/m1/s1/i5D. The first-order valence-corrected chi connectivity index (χ1v) is 5.00. The van der Waals surface area contributed by atoms with Crippen LogP contribution in [0, 0.1) is 5.92 Å². The molecule has 1 aliphatic carbocycles. The van der Waals surface area contributed by atoms with Crippen molar-refractivity contribution in [2.24, 2.45) is 5.92 Å². The monoisotopic (exact) mass is 231 g/mol. The fourth-order valence-corrected chi connectivity index (χ4v) is 2.37. The van der Waals surface area contributed by atoms with Gasteiger partial charge in [-0.05, 0) is 35.7 Å². The van der Waals surface area contributed by atoms with Gasteiger partial charge in [0.1, 0.15) is 6.10 Å². The highest BCUT2D eigenvalue weighted by molar-refractivity contribution is 9.11. The first-order chi connectivity index (χ1) is 6.16. The van der Waals surface area contributed by atoms with E-state index in [4.69, 9.17) is 6.11 Å². The van der Waals surface area contributed by atoms with Crippen LogP contribution < -0.4 is 0 Å². The molecule has 2 saturated heterocycles. The Balaban J connectivity index is 2.29. The van der Waals surface area contributed by atoms with Crippen molar-refractivity contribution in [3.8, 4) is 0 Å². The van der Waals surface area contributed by atoms with E-state index in [0.29, 0.717) is 17.3 Å². The Morgan fingerprint density at radius 3 is 3.17 bits per heavy atom. The van der Waals surface area contributed by atoms with Crippen LogP contribution in [0.3, 0.4) is 0 Å². The van der Waals surface area contributed by atoms with Crippen molar-refractivity contribution in [2.75, 3.05) is 0 Å². The molecule has 66 valence electrons. The van der Waals surface area contributed by atoms with Crippen molar-refractivity contribution in [2.45, 2.75) is 31.8 Å². The smallest absolute Gasteiger partial charge is 0.306 e. The van der Waals surface area contributed by atoms with E-state index >= 15 is 0 Å². The number of halogens is 1. The van der Waals surface area contributed by atoms with Gasteiger partial charge >= 0.3 is 5.97 Å². The minimum absolute atomic E-state index is 0.101. The van der Waals surface area contributed by atoms with Crippen molar-refractivity contribution in [3.63, 3.8) is 0 Å². The maximum Gasteiger partial charge on any atom is 0.306 e. The Morgan fingerprint density at radius 2 is 2.42 bits per heavy atom. The molecule has 2 bridgehead atoms. The molecule has 0 unspecified atom stereocenters. The van der Waals surface area contributed by atoms with Crippen molar-refractivity contribution < 1.29 is 10.9 Å². The molecule has 0 radical (unpaired) electrons. The predicted octanol–water partition coefficient (Wildman–Crippen LogP) is 2.38. The first kappa shape index (κ1) is 7.13. The van der Waals surface area contributed by atoms with E-state index in [9.17, 15) is 4.79 Å². The zero-order chi connectivity index (χ0) is 9.42. The van der Waals surface area contributed by atoms with Gasteiger partial charge in [0.25, 0.3) is 0 Å². The summed E-state index contributed by atoms with van der Waals surface area (Å²) in [5, 5.41) is 0. The molecule has 0 amide bonds. The van der Waals surface area contributed by atoms with E-state index in [-0.39, 0.29) is 12.1 Å². The van der Waals surface area contributed by atoms with E-state index < -0.39 is 0 Å². The van der Waals surface area contributed by atoms with Gasteiger partial charge in [0.2, 0.25) is 0 Å². The number of hydrogen-bond acceptors (Lipinski definition) is 2. The molecule has 1 saturated carbocycles. The summed E-state index contributed by atoms with van der Waals surface area (Å²) in [4.78, 5) is 11.6. The molecule has 0 spiro atoms. The van der Waals surface area contributed by atoms with Gasteiger partial charge in [-0.1, -0.05) is 15.9 Å². The molecule has 2 aliphatic heterocycles. The fraction of sp³-hybridized carbons (Fsp3) is 0.667. The van der Waals surface area contributed by atoms with Gasteiger partial charge in [0.15, 0.2) is 0 Å². The van der Waals surface area contributed by atoms with Gasteiger partial charge in [-0.3, -0.25) is 4.79 Å². The molecular formula is C9H11BrO2. The quantitative estimate of drug-likeness (QED) is 0.599. The lowest BCUT2D eigenvalue weighted by molar-refractivity contribution is -0.145. The van der Waals surface area contributed by atoms with Crippen LogP contribution in [0.2, 0.25) is 0 Å². The van der Waals surface area contributed by atoms with Gasteiger partial charge in [-0.2, -0.15) is 0 Å². The van der Waals surface area contributed by atoms with Crippen LogP contribution in [0.25, 0.3) is 0 Å². The van der Waals surface area contributed by atoms with Gasteiger partial charge in [-0.25, -0.2) is 0 Å². The highest BCUT2D eigenvalue weighted by atomic mass is 79.9. The summed E-state index contributed by atoms with van der Waals surface area (Å²) in [5.41, 5.74) is 0.960. The Bertz CT molecular complexity index is 271. The molecule has 3 fully saturated rings. The molecule has 2 nitrogen and oxygen atoms in total. The Morgan fingerprint density at radius 1 is 1.58 bits per heavy atom. The van der Waals surface area contributed by atoms with E-state index in [2.05, 4.69) is 15.9 Å². The molecule has 12 heavy (non-hydrogen) atoms. The van der Waals surface area contributed by atoms with Gasteiger partial charge in [0.05, 0.1) is 1.37 Å². The molecule has 2 heterocycles. The Kier molecular flexibility index (Phi) is 1.91. The number of carbonyl (C=O) groups is 1. The van der Waals surface area contributed by atoms with E-state index in [1.54, 1.807) is 0 Å². The second kappa shape index (κ2) is 3.21. The van der Waals surface area contributed by atoms with Crippen molar-refractivity contribution in [1.29, 1.82) is 0 Å². The lowest BCUT2D eigenvalue weighted by Crippen LogP contribution is -2.19. The molecule has 3 rings (SSSR count). The number of hydrogen-bond donors (Lipinski definition) is 0. The maximum atomic E-state index is 11.2. The number of carbonyl (C=O) groups excluding carboxylic acids is 1. The second-order valence-electron chi connectivity index (χ2n) is 3.45. The zero-order valence-corrected chi connectivity index (χ0v) is 8.26. The molecule has 0 aromatic rings. The number of rotatable bonds is 0. The summed E-state index contributed by atoms with van der Waals surface area (Å²) in [6.07, 6.45) is 3.19. The SMILES string of the molecule is [2H]/C(Br)=C1\C[C@H]2CC[C@@H]1OC(=O)C2. The van der Waals surface area contributed by atoms with Crippen LogP contribution in [0.15, 0.2) is 10.5 Å². The summed E-state index contributed by atoms with van der Waals surface area (Å²) in [6, 6.07) is 0. The molecular weight excluding hydrogens is 220 g/mol. The number of esters is 1. The van der Waals surface area contributed by atoms with Gasteiger partial charge in [-0.15, -0.1) is 0 Å². The van der Waals surface area contributed by atoms with Crippen LogP contribution in [-0.2, 0) is 9.53 Å². The summed E-state index contributed by atoms with van der Waals surface area (Å²) >= 11 is 3.15. The Hall–Kier alpha value is -0.310. The van der Waals surface area contributed by atoms with E-state index in [0.717, 1.165) is 24.8 Å². The van der Waals surface area contributed by atoms with Crippen LogP contribution in [0.4, 0.5) is 0 Å². The predicted molar refractivity (Wildman–Crippen MR) is 48.8 cm³/mol. The number of fused-ring (bicyclic) bond motifs is 4. The normalized spacial score (nSPS) is 40.1. The Labute approximate surface area is 81.5 Å². The van der Waals surface area contributed by atoms with Crippen molar-refractivity contribution in [1.82, 2.24) is 0 Å². The van der Waals surface area contributed by atoms with Crippen LogP contribution in [-0.4, -0.2) is 12.1 Å². The fourth-order valence-electron chi connectivity index (χ4n) is 1.95. The summed E-state index contributed by atoms with van der Waals surface area (Å²) < 4.78 is 12.7. The van der Waals surface area contributed by atoms with Gasteiger partial charge < -0.3 is 4.74 Å². The van der Waals surface area contributed by atoms with Crippen molar-refractivity contribution in [3.05, 3.63) is 10.5 Å². The third-order valence-corrected chi connectivity index (χ3v) is 3.09. The average Bonchev–Trinajstić information content (AvgIpc) is 2.31. The molecule has 2 atom stereocenters. The summed E-state index contributed by atoms with van der Waals surface area (Å²) in [7, 11) is 0. The first-order valence-electron chi connectivity index (χ1n) is 4.71. The summed E-state index contributed by atoms with van der Waals surface area (Å²) in [5.74, 6) is 0.301. The van der Waals surface area contributed by atoms with Gasteiger partial charge in [0, 0.05) is 6.42 Å². The lowest BCUT2D eigenvalue weighted by atomic mass is 9.84. The zero-order valence-electron chi connectivity index (χ0n) is 7.68. The highest BCUT2D eigenvalue weighted by Gasteiger charge is 2.33.